The molecule has 0 saturated heterocycles. The van der Waals surface area contributed by atoms with Crippen molar-refractivity contribution in [1.29, 1.82) is 0 Å². The van der Waals surface area contributed by atoms with Gasteiger partial charge in [0, 0.05) is 6.04 Å². The fourth-order valence-electron chi connectivity index (χ4n) is 1.38. The minimum atomic E-state index is -3.84. The van der Waals surface area contributed by atoms with Crippen molar-refractivity contribution in [2.45, 2.75) is 31.2 Å². The quantitative estimate of drug-likeness (QED) is 0.766. The predicted molar refractivity (Wildman–Crippen MR) is 75.6 cm³/mol. The van der Waals surface area contributed by atoms with Gasteiger partial charge in [-0.25, -0.2) is 13.1 Å². The first-order valence-electron chi connectivity index (χ1n) is 6.30. The van der Waals surface area contributed by atoms with Crippen LogP contribution in [0.4, 0.5) is 0 Å². The van der Waals surface area contributed by atoms with Crippen LogP contribution in [0.15, 0.2) is 29.2 Å². The van der Waals surface area contributed by atoms with E-state index in [1.165, 1.54) is 12.1 Å². The Labute approximate surface area is 119 Å². The molecule has 112 valence electrons. The summed E-state index contributed by atoms with van der Waals surface area (Å²) >= 11 is 0. The van der Waals surface area contributed by atoms with Crippen LogP contribution >= 0.6 is 0 Å². The Morgan fingerprint density at radius 2 is 1.95 bits per heavy atom. The first-order valence-corrected chi connectivity index (χ1v) is 7.79. The fourth-order valence-corrected chi connectivity index (χ4v) is 2.35. The second-order valence-electron chi connectivity index (χ2n) is 4.53. The van der Waals surface area contributed by atoms with Gasteiger partial charge in [0.2, 0.25) is 0 Å². The van der Waals surface area contributed by atoms with Crippen molar-refractivity contribution < 1.29 is 17.9 Å². The highest BCUT2D eigenvalue weighted by atomic mass is 32.2. The standard InChI is InChI=1S/C13H20N2O4S/c1-3-11(14)8-19-9-13(16)15-20(17,18)12-6-4-10(2)5-7-12/h4-7,11H,3,8-9,14H2,1-2H3,(H,15,16). The van der Waals surface area contributed by atoms with E-state index in [9.17, 15) is 13.2 Å². The molecule has 7 heteroatoms. The van der Waals surface area contributed by atoms with Crippen molar-refractivity contribution in [3.05, 3.63) is 29.8 Å². The molecule has 0 aliphatic carbocycles. The van der Waals surface area contributed by atoms with Gasteiger partial charge < -0.3 is 10.5 Å². The first kappa shape index (κ1) is 16.6. The molecule has 0 saturated carbocycles. The molecule has 1 amide bonds. The maximum atomic E-state index is 11.9. The van der Waals surface area contributed by atoms with Crippen LogP contribution < -0.4 is 10.5 Å². The summed E-state index contributed by atoms with van der Waals surface area (Å²) in [5, 5.41) is 0. The van der Waals surface area contributed by atoms with Crippen molar-refractivity contribution in [3.63, 3.8) is 0 Å². The van der Waals surface area contributed by atoms with Gasteiger partial charge in [0.1, 0.15) is 6.61 Å². The topological polar surface area (TPSA) is 98.5 Å². The molecule has 0 bridgehead atoms. The Balaban J connectivity index is 2.54. The number of carbonyl (C=O) groups excluding carboxylic acids is 1. The number of nitrogens with one attached hydrogen (secondary N) is 1. The zero-order valence-corrected chi connectivity index (χ0v) is 12.4. The number of sulfonamides is 1. The summed E-state index contributed by atoms with van der Waals surface area (Å²) in [5.41, 5.74) is 6.55. The van der Waals surface area contributed by atoms with Gasteiger partial charge >= 0.3 is 0 Å². The van der Waals surface area contributed by atoms with Crippen LogP contribution in [0.1, 0.15) is 18.9 Å². The third-order valence-corrected chi connectivity index (χ3v) is 4.06. The largest absolute Gasteiger partial charge is 0.370 e. The summed E-state index contributed by atoms with van der Waals surface area (Å²) < 4.78 is 30.8. The first-order chi connectivity index (χ1) is 9.35. The predicted octanol–water partition coefficient (Wildman–Crippen LogP) is 0.554. The van der Waals surface area contributed by atoms with Crippen LogP contribution in [0.2, 0.25) is 0 Å². The summed E-state index contributed by atoms with van der Waals surface area (Å²) in [7, 11) is -3.84. The average Bonchev–Trinajstić information content (AvgIpc) is 2.38. The lowest BCUT2D eigenvalue weighted by atomic mass is 10.2. The number of amides is 1. The number of rotatable bonds is 7. The van der Waals surface area contributed by atoms with Gasteiger partial charge in [-0.05, 0) is 25.5 Å². The van der Waals surface area contributed by atoms with Crippen LogP contribution in [-0.2, 0) is 19.6 Å². The van der Waals surface area contributed by atoms with Crippen LogP contribution in [0.5, 0.6) is 0 Å². The molecule has 0 aromatic heterocycles. The maximum absolute atomic E-state index is 11.9. The Morgan fingerprint density at radius 1 is 1.35 bits per heavy atom. The number of aryl methyl sites for hydroxylation is 1. The minimum absolute atomic E-state index is 0.0432. The van der Waals surface area contributed by atoms with Gasteiger partial charge in [-0.15, -0.1) is 0 Å². The van der Waals surface area contributed by atoms with Crippen molar-refractivity contribution in [1.82, 2.24) is 4.72 Å². The van der Waals surface area contributed by atoms with Gasteiger partial charge in [0.25, 0.3) is 15.9 Å². The molecule has 1 atom stereocenters. The summed E-state index contributed by atoms with van der Waals surface area (Å²) in [4.78, 5) is 11.6. The van der Waals surface area contributed by atoms with E-state index < -0.39 is 15.9 Å². The zero-order valence-electron chi connectivity index (χ0n) is 11.6. The lowest BCUT2D eigenvalue weighted by Gasteiger charge is -2.10. The molecule has 3 N–H and O–H groups in total. The fraction of sp³-hybridized carbons (Fsp3) is 0.462. The monoisotopic (exact) mass is 300 g/mol. The molecule has 0 aliphatic rings. The van der Waals surface area contributed by atoms with Crippen molar-refractivity contribution in [2.75, 3.05) is 13.2 Å². The Kier molecular flexibility index (Phi) is 6.12. The van der Waals surface area contributed by atoms with Crippen molar-refractivity contribution >= 4 is 15.9 Å². The SMILES string of the molecule is CCC(N)COCC(=O)NS(=O)(=O)c1ccc(C)cc1. The molecule has 1 aromatic rings. The van der Waals surface area contributed by atoms with Crippen LogP contribution in [0.25, 0.3) is 0 Å². The molecule has 6 nitrogen and oxygen atoms in total. The van der Waals surface area contributed by atoms with Gasteiger partial charge in [0.15, 0.2) is 0 Å². The average molecular weight is 300 g/mol. The molecule has 0 aliphatic heterocycles. The Morgan fingerprint density at radius 3 is 2.50 bits per heavy atom. The number of hydrogen-bond acceptors (Lipinski definition) is 5. The lowest BCUT2D eigenvalue weighted by Crippen LogP contribution is -2.35. The van der Waals surface area contributed by atoms with E-state index >= 15 is 0 Å². The molecular formula is C13H20N2O4S. The van der Waals surface area contributed by atoms with Crippen molar-refractivity contribution in [3.8, 4) is 0 Å². The summed E-state index contributed by atoms with van der Waals surface area (Å²) in [6, 6.07) is 6.06. The molecular weight excluding hydrogens is 280 g/mol. The zero-order chi connectivity index (χ0) is 15.2. The van der Waals surface area contributed by atoms with Gasteiger partial charge in [0.05, 0.1) is 11.5 Å². The summed E-state index contributed by atoms with van der Waals surface area (Å²) in [6.07, 6.45) is 0.725. The molecule has 1 unspecified atom stereocenters. The normalized spacial score (nSPS) is 12.9. The van der Waals surface area contributed by atoms with E-state index in [0.717, 1.165) is 12.0 Å². The van der Waals surface area contributed by atoms with Gasteiger partial charge in [-0.3, -0.25) is 4.79 Å². The molecule has 0 spiro atoms. The number of carbonyl (C=O) groups is 1. The summed E-state index contributed by atoms with van der Waals surface area (Å²) in [5.74, 6) is -0.714. The van der Waals surface area contributed by atoms with E-state index in [2.05, 4.69) is 0 Å². The van der Waals surface area contributed by atoms with Crippen LogP contribution in [0.3, 0.4) is 0 Å². The van der Waals surface area contributed by atoms with E-state index in [0.29, 0.717) is 0 Å². The lowest BCUT2D eigenvalue weighted by molar-refractivity contribution is -0.124. The third-order valence-electron chi connectivity index (χ3n) is 2.67. The van der Waals surface area contributed by atoms with E-state index in [-0.39, 0.29) is 24.2 Å². The molecule has 1 aromatic carbocycles. The molecule has 20 heavy (non-hydrogen) atoms. The number of nitrogens with two attached hydrogens (primary N) is 1. The van der Waals surface area contributed by atoms with E-state index in [1.54, 1.807) is 12.1 Å². The maximum Gasteiger partial charge on any atom is 0.264 e. The van der Waals surface area contributed by atoms with Gasteiger partial charge in [-0.1, -0.05) is 24.6 Å². The highest BCUT2D eigenvalue weighted by Crippen LogP contribution is 2.09. The minimum Gasteiger partial charge on any atom is -0.370 e. The molecule has 0 fully saturated rings. The van der Waals surface area contributed by atoms with Gasteiger partial charge in [-0.2, -0.15) is 0 Å². The molecule has 0 heterocycles. The van der Waals surface area contributed by atoms with E-state index in [1.807, 2.05) is 18.6 Å². The highest BCUT2D eigenvalue weighted by Gasteiger charge is 2.17. The van der Waals surface area contributed by atoms with Crippen LogP contribution in [-0.4, -0.2) is 33.6 Å². The molecule has 1 rings (SSSR count). The second-order valence-corrected chi connectivity index (χ2v) is 6.21. The smallest absolute Gasteiger partial charge is 0.264 e. The number of hydrogen-bond donors (Lipinski definition) is 2. The summed E-state index contributed by atoms with van der Waals surface area (Å²) in [6.45, 7) is 3.63. The molecule has 0 radical (unpaired) electrons. The number of benzene rings is 1. The number of ether oxygens (including phenoxy) is 1. The third kappa shape index (κ3) is 5.28. The Hall–Kier alpha value is -1.44. The second kappa shape index (κ2) is 7.37. The van der Waals surface area contributed by atoms with E-state index in [4.69, 9.17) is 10.5 Å². The van der Waals surface area contributed by atoms with Crippen LogP contribution in [0, 0.1) is 6.92 Å². The highest BCUT2D eigenvalue weighted by molar-refractivity contribution is 7.90. The Bertz CT molecular complexity index is 540. The van der Waals surface area contributed by atoms with Crippen molar-refractivity contribution in [2.24, 2.45) is 5.73 Å².